The van der Waals surface area contributed by atoms with E-state index < -0.39 is 0 Å². The molecule has 2 amide bonds. The van der Waals surface area contributed by atoms with Crippen molar-refractivity contribution in [2.45, 2.75) is 39.2 Å². The molecule has 0 saturated carbocycles. The van der Waals surface area contributed by atoms with Gasteiger partial charge < -0.3 is 10.0 Å². The summed E-state index contributed by atoms with van der Waals surface area (Å²) >= 11 is 0. The molecule has 1 aliphatic rings. The number of carbonyl (C=O) groups excluding carboxylic acids is 2. The maximum absolute atomic E-state index is 12.0. The quantitative estimate of drug-likeness (QED) is 0.842. The minimum Gasteiger partial charge on any atom is -0.396 e. The van der Waals surface area contributed by atoms with Gasteiger partial charge in [-0.2, -0.15) is 0 Å². The Bertz CT molecular complexity index is 872. The number of aliphatic hydroxyl groups is 1. The first-order valence-corrected chi connectivity index (χ1v) is 9.22. The van der Waals surface area contributed by atoms with Crippen molar-refractivity contribution >= 4 is 23.7 Å². The van der Waals surface area contributed by atoms with Gasteiger partial charge in [0.15, 0.2) is 0 Å². The van der Waals surface area contributed by atoms with E-state index in [-0.39, 0.29) is 24.5 Å². The normalized spacial score (nSPS) is 16.4. The van der Waals surface area contributed by atoms with Crippen LogP contribution in [0.25, 0.3) is 11.1 Å². The number of hydrogen-bond donors (Lipinski definition) is 1. The molecule has 140 valence electrons. The Labute approximate surface area is 159 Å². The molecule has 3 rings (SSSR count). The van der Waals surface area contributed by atoms with Crippen LogP contribution in [0.15, 0.2) is 47.5 Å². The van der Waals surface area contributed by atoms with Crippen molar-refractivity contribution in [2.24, 2.45) is 4.99 Å². The third-order valence-electron chi connectivity index (χ3n) is 4.88. The Morgan fingerprint density at radius 3 is 2.56 bits per heavy atom. The molecule has 27 heavy (non-hydrogen) atoms. The Hall–Kier alpha value is -2.79. The van der Waals surface area contributed by atoms with Crippen molar-refractivity contribution in [3.63, 3.8) is 0 Å². The van der Waals surface area contributed by atoms with E-state index >= 15 is 0 Å². The highest BCUT2D eigenvalue weighted by atomic mass is 16.3. The van der Waals surface area contributed by atoms with E-state index in [1.807, 2.05) is 29.2 Å². The van der Waals surface area contributed by atoms with Crippen LogP contribution in [0.4, 0.5) is 5.69 Å². The van der Waals surface area contributed by atoms with Gasteiger partial charge in [0.25, 0.3) is 5.91 Å². The summed E-state index contributed by atoms with van der Waals surface area (Å²) < 4.78 is 0. The van der Waals surface area contributed by atoms with E-state index in [1.54, 1.807) is 19.1 Å². The number of nitrogens with zero attached hydrogens (tertiary/aromatic N) is 2. The molecule has 0 saturated heterocycles. The molecule has 0 radical (unpaired) electrons. The third-order valence-corrected chi connectivity index (χ3v) is 4.88. The Kier molecular flexibility index (Phi) is 5.81. The Morgan fingerprint density at radius 2 is 1.89 bits per heavy atom. The van der Waals surface area contributed by atoms with Crippen LogP contribution in [-0.2, 0) is 11.2 Å². The van der Waals surface area contributed by atoms with Gasteiger partial charge in [0, 0.05) is 43.5 Å². The van der Waals surface area contributed by atoms with Crippen LogP contribution in [0.1, 0.15) is 42.6 Å². The summed E-state index contributed by atoms with van der Waals surface area (Å²) in [5, 5.41) is 8.73. The second-order valence-corrected chi connectivity index (χ2v) is 6.83. The average molecular weight is 364 g/mol. The van der Waals surface area contributed by atoms with E-state index in [2.05, 4.69) is 18.0 Å². The van der Waals surface area contributed by atoms with E-state index in [9.17, 15) is 9.59 Å². The highest BCUT2D eigenvalue weighted by Gasteiger charge is 2.26. The zero-order valence-electron chi connectivity index (χ0n) is 15.7. The fraction of sp³-hybridized carbons (Fsp3) is 0.318. The van der Waals surface area contributed by atoms with Crippen LogP contribution >= 0.6 is 0 Å². The molecule has 5 nitrogen and oxygen atoms in total. The van der Waals surface area contributed by atoms with Crippen LogP contribution in [-0.4, -0.2) is 35.8 Å². The van der Waals surface area contributed by atoms with Crippen LogP contribution in [0.5, 0.6) is 0 Å². The van der Waals surface area contributed by atoms with Crippen molar-refractivity contribution in [1.29, 1.82) is 0 Å². The molecule has 0 unspecified atom stereocenters. The van der Waals surface area contributed by atoms with Crippen molar-refractivity contribution in [1.82, 2.24) is 0 Å². The highest BCUT2D eigenvalue weighted by Crippen LogP contribution is 2.34. The van der Waals surface area contributed by atoms with Gasteiger partial charge in [-0.05, 0) is 60.7 Å². The SMILES string of the molecule is CC(=O)N1c2ccc(-c3ccc(C(=O)/N=C/CCO)cc3)cc2CC[C@@H]1C. The number of fused-ring (bicyclic) bond motifs is 1. The molecule has 2 aromatic rings. The summed E-state index contributed by atoms with van der Waals surface area (Å²) in [5.41, 5.74) is 4.77. The second kappa shape index (κ2) is 8.27. The van der Waals surface area contributed by atoms with Gasteiger partial charge in [0.05, 0.1) is 0 Å². The van der Waals surface area contributed by atoms with Gasteiger partial charge in [-0.3, -0.25) is 9.59 Å². The number of aliphatic imine (C=N–C) groups is 1. The topological polar surface area (TPSA) is 70.0 Å². The third kappa shape index (κ3) is 4.14. The summed E-state index contributed by atoms with van der Waals surface area (Å²) in [6, 6.07) is 13.7. The van der Waals surface area contributed by atoms with E-state index in [4.69, 9.17) is 5.11 Å². The van der Waals surface area contributed by atoms with E-state index in [1.165, 1.54) is 11.8 Å². The molecule has 0 bridgehead atoms. The van der Waals surface area contributed by atoms with Gasteiger partial charge in [-0.25, -0.2) is 4.99 Å². The molecule has 5 heteroatoms. The fourth-order valence-corrected chi connectivity index (χ4v) is 3.50. The lowest BCUT2D eigenvalue weighted by Crippen LogP contribution is -2.40. The molecular formula is C22H24N2O3. The lowest BCUT2D eigenvalue weighted by Gasteiger charge is -2.34. The fourth-order valence-electron chi connectivity index (χ4n) is 3.50. The first-order valence-electron chi connectivity index (χ1n) is 9.22. The van der Waals surface area contributed by atoms with Gasteiger partial charge in [0.1, 0.15) is 0 Å². The number of benzene rings is 2. The summed E-state index contributed by atoms with van der Waals surface area (Å²) in [5.74, 6) is -0.243. The van der Waals surface area contributed by atoms with Crippen LogP contribution in [0, 0.1) is 0 Å². The zero-order valence-corrected chi connectivity index (χ0v) is 15.7. The standard InChI is InChI=1S/C22H24N2O3/c1-15-4-5-20-14-19(10-11-21(20)24(15)16(2)26)17-6-8-18(9-7-17)22(27)23-12-3-13-25/h6-12,14-15,25H,3-5,13H2,1-2H3/b23-12+/t15-/m0/s1. The lowest BCUT2D eigenvalue weighted by atomic mass is 9.93. The minimum absolute atomic E-state index is 0.0200. The van der Waals surface area contributed by atoms with Crippen molar-refractivity contribution < 1.29 is 14.7 Å². The molecular weight excluding hydrogens is 340 g/mol. The van der Waals surface area contributed by atoms with Crippen LogP contribution in [0.2, 0.25) is 0 Å². The van der Waals surface area contributed by atoms with Gasteiger partial charge in [-0.1, -0.05) is 18.2 Å². The Balaban J connectivity index is 1.83. The monoisotopic (exact) mass is 364 g/mol. The minimum atomic E-state index is -0.313. The summed E-state index contributed by atoms with van der Waals surface area (Å²) in [7, 11) is 0. The lowest BCUT2D eigenvalue weighted by molar-refractivity contribution is -0.117. The van der Waals surface area contributed by atoms with E-state index in [0.717, 1.165) is 29.7 Å². The molecule has 1 heterocycles. The predicted octanol–water partition coefficient (Wildman–Crippen LogP) is 3.63. The number of anilines is 1. The molecule has 1 aliphatic heterocycles. The summed E-state index contributed by atoms with van der Waals surface area (Å²) in [6.07, 6.45) is 3.70. The number of carbonyl (C=O) groups is 2. The molecule has 0 aromatic heterocycles. The highest BCUT2D eigenvalue weighted by molar-refractivity contribution is 5.99. The number of aryl methyl sites for hydroxylation is 1. The number of hydrogen-bond acceptors (Lipinski definition) is 3. The van der Waals surface area contributed by atoms with Gasteiger partial charge in [0.2, 0.25) is 5.91 Å². The Morgan fingerprint density at radius 1 is 1.19 bits per heavy atom. The molecule has 0 spiro atoms. The average Bonchev–Trinajstić information content (AvgIpc) is 2.67. The number of amides is 2. The molecule has 2 aromatic carbocycles. The molecule has 0 fully saturated rings. The van der Waals surface area contributed by atoms with Crippen molar-refractivity contribution in [2.75, 3.05) is 11.5 Å². The molecule has 1 atom stereocenters. The first kappa shape index (κ1) is 19.0. The van der Waals surface area contributed by atoms with Gasteiger partial charge >= 0.3 is 0 Å². The number of rotatable bonds is 4. The van der Waals surface area contributed by atoms with E-state index in [0.29, 0.717) is 12.0 Å². The number of aliphatic hydroxyl groups excluding tert-OH is 1. The zero-order chi connectivity index (χ0) is 19.4. The summed E-state index contributed by atoms with van der Waals surface area (Å²) in [4.78, 5) is 29.6. The van der Waals surface area contributed by atoms with Crippen LogP contribution < -0.4 is 4.90 Å². The van der Waals surface area contributed by atoms with Crippen molar-refractivity contribution in [3.05, 3.63) is 53.6 Å². The predicted molar refractivity (Wildman–Crippen MR) is 107 cm³/mol. The smallest absolute Gasteiger partial charge is 0.276 e. The first-order chi connectivity index (χ1) is 13.0. The van der Waals surface area contributed by atoms with Crippen LogP contribution in [0.3, 0.4) is 0 Å². The molecule has 0 aliphatic carbocycles. The molecule has 1 N–H and O–H groups in total. The summed E-state index contributed by atoms with van der Waals surface area (Å²) in [6.45, 7) is 3.67. The largest absolute Gasteiger partial charge is 0.396 e. The van der Waals surface area contributed by atoms with Gasteiger partial charge in [-0.15, -0.1) is 0 Å². The van der Waals surface area contributed by atoms with Crippen molar-refractivity contribution in [3.8, 4) is 11.1 Å². The maximum atomic E-state index is 12.0. The maximum Gasteiger partial charge on any atom is 0.276 e. The second-order valence-electron chi connectivity index (χ2n) is 6.83.